The van der Waals surface area contributed by atoms with E-state index in [2.05, 4.69) is 24.3 Å². The van der Waals surface area contributed by atoms with Gasteiger partial charge in [-0.25, -0.2) is 0 Å². The van der Waals surface area contributed by atoms with Crippen LogP contribution in [0.3, 0.4) is 0 Å². The summed E-state index contributed by atoms with van der Waals surface area (Å²) in [4.78, 5) is 15.0. The van der Waals surface area contributed by atoms with Gasteiger partial charge in [-0.2, -0.15) is 0 Å². The van der Waals surface area contributed by atoms with Gasteiger partial charge in [0.25, 0.3) is 5.91 Å². The van der Waals surface area contributed by atoms with Crippen molar-refractivity contribution in [3.05, 3.63) is 47.5 Å². The minimum atomic E-state index is -0.226. The monoisotopic (exact) mass is 400 g/mol. The molecule has 0 aliphatic carbocycles. The number of likely N-dealkylation sites (N-methyl/N-ethyl adjacent to an activating group) is 1. The number of benzene rings is 2. The lowest BCUT2D eigenvalue weighted by atomic mass is 10.1. The molecule has 1 N–H and O–H groups in total. The lowest BCUT2D eigenvalue weighted by Gasteiger charge is -2.17. The van der Waals surface area contributed by atoms with Crippen molar-refractivity contribution in [1.29, 1.82) is 0 Å². The Bertz CT molecular complexity index is 761. The average molecular weight is 401 g/mol. The van der Waals surface area contributed by atoms with E-state index in [0.29, 0.717) is 42.6 Å². The third-order valence-corrected chi connectivity index (χ3v) is 4.23. The van der Waals surface area contributed by atoms with Gasteiger partial charge in [0.15, 0.2) is 11.5 Å². The fraction of sp³-hybridized carbons (Fsp3) is 0.435. The Hall–Kier alpha value is -2.73. The number of hydrogen-bond donors (Lipinski definition) is 1. The summed E-state index contributed by atoms with van der Waals surface area (Å²) >= 11 is 0. The van der Waals surface area contributed by atoms with Gasteiger partial charge in [0.1, 0.15) is 0 Å². The first-order valence-corrected chi connectivity index (χ1v) is 10.1. The van der Waals surface area contributed by atoms with E-state index in [-0.39, 0.29) is 5.91 Å². The Morgan fingerprint density at radius 1 is 0.897 bits per heavy atom. The van der Waals surface area contributed by atoms with Crippen LogP contribution in [0.1, 0.15) is 36.7 Å². The minimum Gasteiger partial charge on any atom is -0.490 e. The van der Waals surface area contributed by atoms with Crippen LogP contribution in [0, 0.1) is 0 Å². The van der Waals surface area contributed by atoms with Crippen LogP contribution in [-0.4, -0.2) is 51.3 Å². The van der Waals surface area contributed by atoms with Crippen molar-refractivity contribution in [2.75, 3.05) is 45.8 Å². The van der Waals surface area contributed by atoms with Crippen LogP contribution in [0.4, 0.5) is 5.69 Å². The number of anilines is 1. The number of hydrogen-bond acceptors (Lipinski definition) is 5. The highest BCUT2D eigenvalue weighted by Gasteiger charge is 2.18. The molecular weight excluding hydrogens is 368 g/mol. The Balaban J connectivity index is 2.20. The predicted octanol–water partition coefficient (Wildman–Crippen LogP) is 4.24. The highest BCUT2D eigenvalue weighted by atomic mass is 16.5. The van der Waals surface area contributed by atoms with Gasteiger partial charge < -0.3 is 24.4 Å². The smallest absolute Gasteiger partial charge is 0.255 e. The molecule has 1 amide bonds. The highest BCUT2D eigenvalue weighted by molar-refractivity contribution is 6.05. The lowest BCUT2D eigenvalue weighted by molar-refractivity contribution is 0.102. The van der Waals surface area contributed by atoms with Gasteiger partial charge in [0.05, 0.1) is 19.8 Å². The second-order valence-electron chi connectivity index (χ2n) is 6.81. The summed E-state index contributed by atoms with van der Waals surface area (Å²) in [5.41, 5.74) is 2.43. The van der Waals surface area contributed by atoms with Crippen molar-refractivity contribution in [2.45, 2.75) is 27.2 Å². The molecule has 6 heteroatoms. The number of amides is 1. The molecule has 0 unspecified atom stereocenters. The van der Waals surface area contributed by atoms with Gasteiger partial charge >= 0.3 is 0 Å². The Morgan fingerprint density at radius 3 is 1.93 bits per heavy atom. The molecular formula is C23H32N2O4. The zero-order chi connectivity index (χ0) is 21.2. The van der Waals surface area contributed by atoms with Gasteiger partial charge in [-0.3, -0.25) is 4.79 Å². The standard InChI is InChI=1S/C23H32N2O4/c1-6-27-20-15-18(16-21(28-7-2)22(20)29-8-3)23(26)24-19-11-9-17(10-12-19)13-14-25(4)5/h9-12,15-16H,6-8,13-14H2,1-5H3,(H,24,26). The normalized spacial score (nSPS) is 10.7. The van der Waals surface area contributed by atoms with Crippen LogP contribution in [-0.2, 0) is 6.42 Å². The molecule has 29 heavy (non-hydrogen) atoms. The molecule has 6 nitrogen and oxygen atoms in total. The fourth-order valence-corrected chi connectivity index (χ4v) is 2.83. The molecule has 0 saturated heterocycles. The Labute approximate surface area is 173 Å². The summed E-state index contributed by atoms with van der Waals surface area (Å²) in [6.07, 6.45) is 0.968. The lowest BCUT2D eigenvalue weighted by Crippen LogP contribution is -2.15. The Morgan fingerprint density at radius 2 is 1.45 bits per heavy atom. The van der Waals surface area contributed by atoms with E-state index < -0.39 is 0 Å². The van der Waals surface area contributed by atoms with Crippen molar-refractivity contribution in [1.82, 2.24) is 4.90 Å². The van der Waals surface area contributed by atoms with Crippen LogP contribution < -0.4 is 19.5 Å². The highest BCUT2D eigenvalue weighted by Crippen LogP contribution is 2.39. The number of carbonyl (C=O) groups is 1. The second-order valence-corrected chi connectivity index (χ2v) is 6.81. The molecule has 158 valence electrons. The fourth-order valence-electron chi connectivity index (χ4n) is 2.83. The SMILES string of the molecule is CCOc1cc(C(=O)Nc2ccc(CCN(C)C)cc2)cc(OCC)c1OCC. The molecule has 0 spiro atoms. The van der Waals surface area contributed by atoms with E-state index >= 15 is 0 Å². The maximum Gasteiger partial charge on any atom is 0.255 e. The van der Waals surface area contributed by atoms with Crippen LogP contribution in [0.15, 0.2) is 36.4 Å². The number of nitrogens with zero attached hydrogens (tertiary/aromatic N) is 1. The molecule has 0 heterocycles. The first-order valence-electron chi connectivity index (χ1n) is 10.1. The van der Waals surface area contributed by atoms with E-state index in [9.17, 15) is 4.79 Å². The number of carbonyl (C=O) groups excluding carboxylic acids is 1. The van der Waals surface area contributed by atoms with Gasteiger partial charge in [-0.1, -0.05) is 12.1 Å². The average Bonchev–Trinajstić information content (AvgIpc) is 2.70. The molecule has 0 bridgehead atoms. The van der Waals surface area contributed by atoms with Crippen LogP contribution in [0.5, 0.6) is 17.2 Å². The van der Waals surface area contributed by atoms with Gasteiger partial charge in [0, 0.05) is 17.8 Å². The number of ether oxygens (including phenoxy) is 3. The van der Waals surface area contributed by atoms with E-state index in [4.69, 9.17) is 14.2 Å². The molecule has 0 aliphatic rings. The zero-order valence-electron chi connectivity index (χ0n) is 18.1. The minimum absolute atomic E-state index is 0.226. The van der Waals surface area contributed by atoms with Crippen molar-refractivity contribution in [3.8, 4) is 17.2 Å². The third kappa shape index (κ3) is 6.68. The molecule has 0 atom stereocenters. The summed E-state index contributed by atoms with van der Waals surface area (Å²) in [6, 6.07) is 11.3. The van der Waals surface area contributed by atoms with Gasteiger partial charge in [0.2, 0.25) is 5.75 Å². The van der Waals surface area contributed by atoms with E-state index in [1.165, 1.54) is 5.56 Å². The van der Waals surface area contributed by atoms with Crippen molar-refractivity contribution in [3.63, 3.8) is 0 Å². The van der Waals surface area contributed by atoms with E-state index in [0.717, 1.165) is 18.7 Å². The molecule has 2 aromatic carbocycles. The maximum atomic E-state index is 12.8. The second kappa shape index (κ2) is 11.3. The summed E-state index contributed by atoms with van der Waals surface area (Å²) in [6.45, 7) is 8.07. The molecule has 0 saturated carbocycles. The molecule has 2 aromatic rings. The van der Waals surface area contributed by atoms with Crippen molar-refractivity contribution in [2.24, 2.45) is 0 Å². The first-order chi connectivity index (χ1) is 14.0. The molecule has 0 aromatic heterocycles. The molecule has 0 radical (unpaired) electrons. The quantitative estimate of drug-likeness (QED) is 0.611. The van der Waals surface area contributed by atoms with Crippen molar-refractivity contribution < 1.29 is 19.0 Å². The van der Waals surface area contributed by atoms with E-state index in [1.54, 1.807) is 12.1 Å². The molecule has 2 rings (SSSR count). The molecule has 0 aliphatic heterocycles. The molecule has 0 fully saturated rings. The van der Waals surface area contributed by atoms with Crippen LogP contribution in [0.2, 0.25) is 0 Å². The third-order valence-electron chi connectivity index (χ3n) is 4.23. The first kappa shape index (κ1) is 22.6. The summed E-state index contributed by atoms with van der Waals surface area (Å²) < 4.78 is 17.1. The van der Waals surface area contributed by atoms with E-state index in [1.807, 2.05) is 45.0 Å². The number of rotatable bonds is 11. The summed E-state index contributed by atoms with van der Waals surface area (Å²) in [5.74, 6) is 1.31. The number of nitrogens with one attached hydrogen (secondary N) is 1. The van der Waals surface area contributed by atoms with Gasteiger partial charge in [-0.15, -0.1) is 0 Å². The zero-order valence-corrected chi connectivity index (χ0v) is 18.1. The summed E-state index contributed by atoms with van der Waals surface area (Å²) in [5, 5.41) is 2.94. The van der Waals surface area contributed by atoms with Crippen LogP contribution in [0.25, 0.3) is 0 Å². The maximum absolute atomic E-state index is 12.8. The Kier molecular flexibility index (Phi) is 8.80. The largest absolute Gasteiger partial charge is 0.490 e. The van der Waals surface area contributed by atoms with Gasteiger partial charge in [-0.05, 0) is 71.1 Å². The topological polar surface area (TPSA) is 60.0 Å². The van der Waals surface area contributed by atoms with Crippen molar-refractivity contribution >= 4 is 11.6 Å². The summed E-state index contributed by atoms with van der Waals surface area (Å²) in [7, 11) is 4.11. The predicted molar refractivity (Wildman–Crippen MR) is 117 cm³/mol. The van der Waals surface area contributed by atoms with Crippen LogP contribution >= 0.6 is 0 Å².